The van der Waals surface area contributed by atoms with Crippen molar-refractivity contribution in [3.8, 4) is 6.07 Å². The molecule has 1 amide bonds. The Hall–Kier alpha value is -3.72. The second-order valence-corrected chi connectivity index (χ2v) is 6.73. The lowest BCUT2D eigenvalue weighted by molar-refractivity contribution is 0.102. The molecule has 28 heavy (non-hydrogen) atoms. The van der Waals surface area contributed by atoms with Gasteiger partial charge in [0.25, 0.3) is 5.91 Å². The first-order valence-electron chi connectivity index (χ1n) is 8.99. The third-order valence-electron chi connectivity index (χ3n) is 4.19. The maximum Gasteiger partial charge on any atom is 0.274 e. The number of rotatable bonds is 5. The molecule has 0 saturated heterocycles. The topological polar surface area (TPSA) is 90.7 Å². The van der Waals surface area contributed by atoms with Gasteiger partial charge in [0, 0.05) is 17.4 Å². The van der Waals surface area contributed by atoms with E-state index in [1.807, 2.05) is 18.2 Å². The van der Waals surface area contributed by atoms with E-state index in [4.69, 9.17) is 5.26 Å². The highest BCUT2D eigenvalue weighted by molar-refractivity contribution is 6.03. The first-order valence-corrected chi connectivity index (χ1v) is 8.99. The molecule has 1 heterocycles. The second-order valence-electron chi connectivity index (χ2n) is 6.73. The van der Waals surface area contributed by atoms with Crippen LogP contribution in [0.3, 0.4) is 0 Å². The number of carbonyl (C=O) groups is 1. The van der Waals surface area contributed by atoms with E-state index in [0.717, 1.165) is 5.69 Å². The van der Waals surface area contributed by atoms with Crippen molar-refractivity contribution in [1.29, 1.82) is 5.26 Å². The molecular formula is C22H21N5O. The second kappa shape index (κ2) is 8.31. The average molecular weight is 371 g/mol. The Kier molecular flexibility index (Phi) is 5.66. The number of nitrogens with one attached hydrogen (secondary N) is 2. The molecule has 0 atom stereocenters. The molecule has 1 aromatic heterocycles. The summed E-state index contributed by atoms with van der Waals surface area (Å²) < 4.78 is 0. The average Bonchev–Trinajstić information content (AvgIpc) is 2.68. The molecule has 0 spiro atoms. The van der Waals surface area contributed by atoms with Gasteiger partial charge >= 0.3 is 0 Å². The zero-order valence-electron chi connectivity index (χ0n) is 16.0. The van der Waals surface area contributed by atoms with Crippen LogP contribution in [0.25, 0.3) is 0 Å². The van der Waals surface area contributed by atoms with Crippen molar-refractivity contribution in [2.75, 3.05) is 10.6 Å². The van der Waals surface area contributed by atoms with Crippen LogP contribution in [0.4, 0.5) is 17.2 Å². The van der Waals surface area contributed by atoms with Crippen LogP contribution in [0.5, 0.6) is 0 Å². The van der Waals surface area contributed by atoms with Gasteiger partial charge in [-0.3, -0.25) is 4.79 Å². The molecule has 0 aliphatic carbocycles. The fourth-order valence-electron chi connectivity index (χ4n) is 2.67. The number of aromatic nitrogens is 2. The predicted octanol–water partition coefficient (Wildman–Crippen LogP) is 4.78. The number of nitriles is 1. The van der Waals surface area contributed by atoms with Gasteiger partial charge in [-0.2, -0.15) is 5.26 Å². The van der Waals surface area contributed by atoms with E-state index in [1.165, 1.54) is 5.56 Å². The van der Waals surface area contributed by atoms with Gasteiger partial charge in [-0.15, -0.1) is 0 Å². The van der Waals surface area contributed by atoms with Crippen molar-refractivity contribution >= 4 is 23.1 Å². The summed E-state index contributed by atoms with van der Waals surface area (Å²) >= 11 is 0. The van der Waals surface area contributed by atoms with Crippen LogP contribution >= 0.6 is 0 Å². The molecule has 6 nitrogen and oxygen atoms in total. The van der Waals surface area contributed by atoms with E-state index in [0.29, 0.717) is 28.8 Å². The summed E-state index contributed by atoms with van der Waals surface area (Å²) in [5.41, 5.74) is 3.54. The lowest BCUT2D eigenvalue weighted by Crippen LogP contribution is -2.15. The normalized spacial score (nSPS) is 10.4. The van der Waals surface area contributed by atoms with E-state index in [2.05, 4.69) is 46.6 Å². The van der Waals surface area contributed by atoms with Gasteiger partial charge in [-0.05, 0) is 54.8 Å². The Bertz CT molecular complexity index is 1020. The van der Waals surface area contributed by atoms with Gasteiger partial charge in [0.05, 0.1) is 11.6 Å². The highest BCUT2D eigenvalue weighted by Crippen LogP contribution is 2.20. The van der Waals surface area contributed by atoms with E-state index in [9.17, 15) is 4.79 Å². The molecule has 0 radical (unpaired) electrons. The number of hydrogen-bond acceptors (Lipinski definition) is 5. The Morgan fingerprint density at radius 2 is 1.64 bits per heavy atom. The lowest BCUT2D eigenvalue weighted by atomic mass is 10.0. The van der Waals surface area contributed by atoms with E-state index in [-0.39, 0.29) is 11.6 Å². The standard InChI is InChI=1S/C22H21N5O/c1-14(2)17-6-10-18(11-7-17)26-21-12-20(24-15(3)25-21)22(28)27-19-8-4-16(13-23)5-9-19/h4-12,14H,1-3H3,(H,27,28)(H,24,25,26). The SMILES string of the molecule is Cc1nc(Nc2ccc(C(C)C)cc2)cc(C(=O)Nc2ccc(C#N)cc2)n1. The van der Waals surface area contributed by atoms with Crippen LogP contribution in [-0.4, -0.2) is 15.9 Å². The molecular weight excluding hydrogens is 350 g/mol. The Balaban J connectivity index is 1.76. The zero-order valence-corrected chi connectivity index (χ0v) is 16.0. The van der Waals surface area contributed by atoms with Crippen molar-refractivity contribution < 1.29 is 4.79 Å². The van der Waals surface area contributed by atoms with Gasteiger partial charge in [0.1, 0.15) is 17.3 Å². The van der Waals surface area contributed by atoms with Crippen molar-refractivity contribution in [1.82, 2.24) is 9.97 Å². The minimum Gasteiger partial charge on any atom is -0.340 e. The van der Waals surface area contributed by atoms with Crippen LogP contribution in [0, 0.1) is 18.3 Å². The van der Waals surface area contributed by atoms with Crippen LogP contribution < -0.4 is 10.6 Å². The van der Waals surface area contributed by atoms with Crippen molar-refractivity contribution in [3.63, 3.8) is 0 Å². The third-order valence-corrected chi connectivity index (χ3v) is 4.19. The first kappa shape index (κ1) is 19.1. The summed E-state index contributed by atoms with van der Waals surface area (Å²) in [6, 6.07) is 18.4. The summed E-state index contributed by atoms with van der Waals surface area (Å²) in [4.78, 5) is 21.1. The molecule has 0 aliphatic heterocycles. The summed E-state index contributed by atoms with van der Waals surface area (Å²) in [6.45, 7) is 6.04. The van der Waals surface area contributed by atoms with Crippen LogP contribution in [0.2, 0.25) is 0 Å². The molecule has 3 aromatic rings. The number of anilines is 3. The molecule has 2 N–H and O–H groups in total. The van der Waals surface area contributed by atoms with Gasteiger partial charge in [0.15, 0.2) is 0 Å². The van der Waals surface area contributed by atoms with E-state index < -0.39 is 0 Å². The molecule has 6 heteroatoms. The summed E-state index contributed by atoms with van der Waals surface area (Å²) in [5, 5.41) is 14.9. The van der Waals surface area contributed by atoms with Gasteiger partial charge in [0.2, 0.25) is 0 Å². The minimum atomic E-state index is -0.339. The maximum atomic E-state index is 12.6. The highest BCUT2D eigenvalue weighted by Gasteiger charge is 2.11. The number of hydrogen-bond donors (Lipinski definition) is 2. The van der Waals surface area contributed by atoms with Crippen LogP contribution in [0.1, 0.15) is 47.2 Å². The zero-order chi connectivity index (χ0) is 20.1. The third kappa shape index (κ3) is 4.71. The molecule has 0 bridgehead atoms. The highest BCUT2D eigenvalue weighted by atomic mass is 16.1. The van der Waals surface area contributed by atoms with Gasteiger partial charge in [-0.1, -0.05) is 26.0 Å². The first-order chi connectivity index (χ1) is 13.4. The number of nitrogens with zero attached hydrogens (tertiary/aromatic N) is 3. The molecule has 140 valence electrons. The maximum absolute atomic E-state index is 12.6. The Morgan fingerprint density at radius 1 is 1.00 bits per heavy atom. The summed E-state index contributed by atoms with van der Waals surface area (Å²) in [7, 11) is 0. The van der Waals surface area contributed by atoms with Crippen LogP contribution in [-0.2, 0) is 0 Å². The van der Waals surface area contributed by atoms with E-state index in [1.54, 1.807) is 37.3 Å². The fourth-order valence-corrected chi connectivity index (χ4v) is 2.67. The predicted molar refractivity (Wildman–Crippen MR) is 110 cm³/mol. The quantitative estimate of drug-likeness (QED) is 0.674. The van der Waals surface area contributed by atoms with Crippen LogP contribution in [0.15, 0.2) is 54.6 Å². The molecule has 0 unspecified atom stereocenters. The monoisotopic (exact) mass is 371 g/mol. The molecule has 0 saturated carbocycles. The number of benzene rings is 2. The van der Waals surface area contributed by atoms with Gasteiger partial charge in [-0.25, -0.2) is 9.97 Å². The molecule has 0 aliphatic rings. The number of carbonyl (C=O) groups excluding carboxylic acids is 1. The smallest absolute Gasteiger partial charge is 0.274 e. The number of aryl methyl sites for hydroxylation is 1. The fraction of sp³-hybridized carbons (Fsp3) is 0.182. The van der Waals surface area contributed by atoms with E-state index >= 15 is 0 Å². The Labute approximate surface area is 164 Å². The lowest BCUT2D eigenvalue weighted by Gasteiger charge is -2.11. The number of amides is 1. The molecule has 2 aromatic carbocycles. The minimum absolute atomic E-state index is 0.262. The molecule has 0 fully saturated rings. The summed E-state index contributed by atoms with van der Waals surface area (Å²) in [6.07, 6.45) is 0. The van der Waals surface area contributed by atoms with Crippen molar-refractivity contribution in [3.05, 3.63) is 77.2 Å². The van der Waals surface area contributed by atoms with Crippen molar-refractivity contribution in [2.24, 2.45) is 0 Å². The van der Waals surface area contributed by atoms with Crippen molar-refractivity contribution in [2.45, 2.75) is 26.7 Å². The van der Waals surface area contributed by atoms with Gasteiger partial charge < -0.3 is 10.6 Å². The summed E-state index contributed by atoms with van der Waals surface area (Å²) in [5.74, 6) is 1.17. The largest absolute Gasteiger partial charge is 0.340 e. The Morgan fingerprint density at radius 3 is 2.25 bits per heavy atom. The molecule has 3 rings (SSSR count).